The molecule has 0 saturated carbocycles. The number of halogens is 1. The SMILES string of the molecule is CC(C)(C)N(C(=O)O)C1(CI)COC1. The van der Waals surface area contributed by atoms with Gasteiger partial charge in [0.2, 0.25) is 0 Å². The van der Waals surface area contributed by atoms with Crippen molar-refractivity contribution in [2.75, 3.05) is 17.6 Å². The van der Waals surface area contributed by atoms with Gasteiger partial charge in [-0.2, -0.15) is 0 Å². The van der Waals surface area contributed by atoms with Gasteiger partial charge in [-0.05, 0) is 20.8 Å². The summed E-state index contributed by atoms with van der Waals surface area (Å²) >= 11 is 2.22. The van der Waals surface area contributed by atoms with E-state index in [9.17, 15) is 9.90 Å². The van der Waals surface area contributed by atoms with Crippen LogP contribution < -0.4 is 0 Å². The van der Waals surface area contributed by atoms with Crippen molar-refractivity contribution in [2.45, 2.75) is 31.8 Å². The highest BCUT2D eigenvalue weighted by Gasteiger charge is 2.50. The van der Waals surface area contributed by atoms with Crippen LogP contribution in [0.5, 0.6) is 0 Å². The van der Waals surface area contributed by atoms with Crippen LogP contribution in [0.3, 0.4) is 0 Å². The average Bonchev–Trinajstić information content (AvgIpc) is 1.92. The first-order valence-corrected chi connectivity index (χ1v) is 6.03. The zero-order chi connectivity index (χ0) is 11.0. The zero-order valence-corrected chi connectivity index (χ0v) is 10.9. The van der Waals surface area contributed by atoms with Gasteiger partial charge in [0.15, 0.2) is 0 Å². The summed E-state index contributed by atoms with van der Waals surface area (Å²) in [6, 6.07) is 0. The fourth-order valence-electron chi connectivity index (χ4n) is 1.81. The van der Waals surface area contributed by atoms with Crippen molar-refractivity contribution in [3.05, 3.63) is 0 Å². The predicted molar refractivity (Wildman–Crippen MR) is 62.1 cm³/mol. The number of amides is 1. The third kappa shape index (κ3) is 1.98. The second-order valence-corrected chi connectivity index (χ2v) is 5.40. The number of hydrogen-bond donors (Lipinski definition) is 1. The Morgan fingerprint density at radius 3 is 2.14 bits per heavy atom. The van der Waals surface area contributed by atoms with Crippen LogP contribution in [0.25, 0.3) is 0 Å². The van der Waals surface area contributed by atoms with Crippen LogP contribution in [-0.2, 0) is 4.74 Å². The predicted octanol–water partition coefficient (Wildman–Crippen LogP) is 1.97. The van der Waals surface area contributed by atoms with Gasteiger partial charge in [0.1, 0.15) is 5.54 Å². The molecule has 5 heteroatoms. The van der Waals surface area contributed by atoms with E-state index in [1.807, 2.05) is 20.8 Å². The summed E-state index contributed by atoms with van der Waals surface area (Å²) < 4.78 is 5.92. The van der Waals surface area contributed by atoms with Crippen molar-refractivity contribution in [3.63, 3.8) is 0 Å². The minimum atomic E-state index is -0.863. The highest BCUT2D eigenvalue weighted by molar-refractivity contribution is 14.1. The van der Waals surface area contributed by atoms with Crippen molar-refractivity contribution in [3.8, 4) is 0 Å². The van der Waals surface area contributed by atoms with Crippen LogP contribution in [0.2, 0.25) is 0 Å². The van der Waals surface area contributed by atoms with Crippen LogP contribution in [0.15, 0.2) is 0 Å². The molecule has 14 heavy (non-hydrogen) atoms. The monoisotopic (exact) mass is 313 g/mol. The molecule has 0 aliphatic carbocycles. The summed E-state index contributed by atoms with van der Waals surface area (Å²) in [5.74, 6) is 0. The van der Waals surface area contributed by atoms with Crippen molar-refractivity contribution in [1.82, 2.24) is 4.90 Å². The van der Waals surface area contributed by atoms with Gasteiger partial charge in [0, 0.05) is 9.97 Å². The van der Waals surface area contributed by atoms with Gasteiger partial charge in [-0.1, -0.05) is 22.6 Å². The minimum absolute atomic E-state index is 0.315. The molecule has 1 saturated heterocycles. The Balaban J connectivity index is 2.93. The molecule has 1 N–H and O–H groups in total. The summed E-state index contributed by atoms with van der Waals surface area (Å²) in [5.41, 5.74) is -0.689. The maximum Gasteiger partial charge on any atom is 0.408 e. The highest BCUT2D eigenvalue weighted by Crippen LogP contribution is 2.33. The largest absolute Gasteiger partial charge is 0.465 e. The second kappa shape index (κ2) is 3.84. The van der Waals surface area contributed by atoms with Crippen molar-refractivity contribution in [2.24, 2.45) is 0 Å². The number of alkyl halides is 1. The molecule has 1 fully saturated rings. The molecule has 4 nitrogen and oxygen atoms in total. The molecule has 1 aliphatic heterocycles. The Morgan fingerprint density at radius 2 is 2.07 bits per heavy atom. The van der Waals surface area contributed by atoms with E-state index in [-0.39, 0.29) is 11.1 Å². The quantitative estimate of drug-likeness (QED) is 0.626. The third-order valence-corrected chi connectivity index (χ3v) is 3.75. The standard InChI is InChI=1S/C9H16INO3/c1-8(2,3)11(7(12)13)9(4-10)5-14-6-9/h4-6H2,1-3H3,(H,12,13). The van der Waals surface area contributed by atoms with E-state index in [2.05, 4.69) is 22.6 Å². The highest BCUT2D eigenvalue weighted by atomic mass is 127. The first kappa shape index (κ1) is 12.0. The van der Waals surface area contributed by atoms with E-state index in [0.717, 1.165) is 4.43 Å². The minimum Gasteiger partial charge on any atom is -0.465 e. The summed E-state index contributed by atoms with van der Waals surface area (Å²) in [5, 5.41) is 9.21. The first-order valence-electron chi connectivity index (χ1n) is 4.50. The van der Waals surface area contributed by atoms with Gasteiger partial charge in [-0.25, -0.2) is 4.79 Å². The summed E-state index contributed by atoms with van der Waals surface area (Å²) in [6.07, 6.45) is -0.863. The van der Waals surface area contributed by atoms with E-state index in [1.54, 1.807) is 0 Å². The van der Waals surface area contributed by atoms with E-state index in [4.69, 9.17) is 4.74 Å². The summed E-state index contributed by atoms with van der Waals surface area (Å²) in [4.78, 5) is 12.7. The smallest absolute Gasteiger partial charge is 0.408 e. The van der Waals surface area contributed by atoms with Crippen LogP contribution >= 0.6 is 22.6 Å². The molecular weight excluding hydrogens is 297 g/mol. The Kier molecular flexibility index (Phi) is 3.30. The molecular formula is C9H16INO3. The Morgan fingerprint density at radius 1 is 1.57 bits per heavy atom. The Labute approximate surface area is 97.7 Å². The van der Waals surface area contributed by atoms with Gasteiger partial charge >= 0.3 is 6.09 Å². The van der Waals surface area contributed by atoms with Crippen molar-refractivity contribution < 1.29 is 14.6 Å². The number of rotatable bonds is 2. The van der Waals surface area contributed by atoms with Gasteiger partial charge in [0.05, 0.1) is 13.2 Å². The zero-order valence-electron chi connectivity index (χ0n) is 8.71. The maximum atomic E-state index is 11.2. The van der Waals surface area contributed by atoms with Gasteiger partial charge < -0.3 is 9.84 Å². The molecule has 0 bridgehead atoms. The van der Waals surface area contributed by atoms with E-state index in [0.29, 0.717) is 13.2 Å². The van der Waals surface area contributed by atoms with Crippen LogP contribution in [-0.4, -0.2) is 44.8 Å². The van der Waals surface area contributed by atoms with Crippen molar-refractivity contribution >= 4 is 28.7 Å². The lowest BCUT2D eigenvalue weighted by Crippen LogP contribution is -2.69. The normalized spacial score (nSPS) is 20.0. The summed E-state index contributed by atoms with van der Waals surface area (Å²) in [7, 11) is 0. The van der Waals surface area contributed by atoms with E-state index in [1.165, 1.54) is 4.90 Å². The van der Waals surface area contributed by atoms with Gasteiger partial charge in [-0.3, -0.25) is 4.90 Å². The molecule has 0 atom stereocenters. The maximum absolute atomic E-state index is 11.2. The number of nitrogens with zero attached hydrogens (tertiary/aromatic N) is 1. The van der Waals surface area contributed by atoms with Crippen LogP contribution in [0.1, 0.15) is 20.8 Å². The topological polar surface area (TPSA) is 49.8 Å². The fraction of sp³-hybridized carbons (Fsp3) is 0.889. The number of carboxylic acid groups (broad SMARTS) is 1. The van der Waals surface area contributed by atoms with Crippen LogP contribution in [0, 0.1) is 0 Å². The Hall–Kier alpha value is -0.0400. The average molecular weight is 313 g/mol. The fourth-order valence-corrected chi connectivity index (χ4v) is 2.59. The lowest BCUT2D eigenvalue weighted by molar-refractivity contribution is -0.137. The molecule has 0 radical (unpaired) electrons. The molecule has 0 spiro atoms. The van der Waals surface area contributed by atoms with Gasteiger partial charge in [0.25, 0.3) is 0 Å². The first-order chi connectivity index (χ1) is 6.33. The number of hydrogen-bond acceptors (Lipinski definition) is 2. The van der Waals surface area contributed by atoms with E-state index >= 15 is 0 Å². The molecule has 0 aromatic heterocycles. The summed E-state index contributed by atoms with van der Waals surface area (Å²) in [6.45, 7) is 6.76. The van der Waals surface area contributed by atoms with Crippen molar-refractivity contribution in [1.29, 1.82) is 0 Å². The lowest BCUT2D eigenvalue weighted by atomic mass is 9.92. The molecule has 82 valence electrons. The van der Waals surface area contributed by atoms with Gasteiger partial charge in [-0.15, -0.1) is 0 Å². The lowest BCUT2D eigenvalue weighted by Gasteiger charge is -2.52. The second-order valence-electron chi connectivity index (χ2n) is 4.64. The molecule has 1 amide bonds. The molecule has 0 unspecified atom stereocenters. The molecule has 0 aromatic rings. The number of ether oxygens (including phenoxy) is 1. The molecule has 1 heterocycles. The molecule has 1 aliphatic rings. The third-order valence-electron chi connectivity index (χ3n) is 2.33. The molecule has 1 rings (SSSR count). The number of carbonyl (C=O) groups is 1. The van der Waals surface area contributed by atoms with E-state index < -0.39 is 6.09 Å². The van der Waals surface area contributed by atoms with Crippen LogP contribution in [0.4, 0.5) is 4.79 Å². The molecule has 0 aromatic carbocycles. The Bertz CT molecular complexity index is 227.